The van der Waals surface area contributed by atoms with E-state index in [1.54, 1.807) is 23.6 Å². The maximum atomic E-state index is 12.5. The second-order valence-corrected chi connectivity index (χ2v) is 6.83. The Bertz CT molecular complexity index is 1070. The lowest BCUT2D eigenvalue weighted by molar-refractivity contribution is -0.384. The van der Waals surface area contributed by atoms with Gasteiger partial charge in [0.25, 0.3) is 5.69 Å². The number of carbonyl (C=O) groups is 1. The summed E-state index contributed by atoms with van der Waals surface area (Å²) in [6.07, 6.45) is 0. The van der Waals surface area contributed by atoms with E-state index in [9.17, 15) is 14.9 Å². The first-order valence-corrected chi connectivity index (χ1v) is 9.02. The molecule has 28 heavy (non-hydrogen) atoms. The number of nitro benzene ring substituents is 1. The standard InChI is InChI=1S/C19H19N5O3S/c1-12-6-8-14(9-7-12)18-21-22-19(28)23(18)11-17(25)20-13(2)15-4-3-5-16(10-15)24(26)27/h3-10,13H,11H2,1-2H3,(H,20,25)(H,22,28). The fraction of sp³-hybridized carbons (Fsp3) is 0.211. The van der Waals surface area contributed by atoms with Crippen LogP contribution in [0.1, 0.15) is 24.1 Å². The van der Waals surface area contributed by atoms with Crippen molar-refractivity contribution >= 4 is 23.8 Å². The van der Waals surface area contributed by atoms with Crippen molar-refractivity contribution in [1.29, 1.82) is 0 Å². The van der Waals surface area contributed by atoms with Crippen molar-refractivity contribution in [1.82, 2.24) is 20.1 Å². The van der Waals surface area contributed by atoms with E-state index in [0.29, 0.717) is 16.2 Å². The quantitative estimate of drug-likeness (QED) is 0.375. The molecule has 0 aliphatic carbocycles. The van der Waals surface area contributed by atoms with Gasteiger partial charge in [-0.05, 0) is 31.6 Å². The number of benzene rings is 2. The molecule has 3 rings (SSSR count). The highest BCUT2D eigenvalue weighted by Gasteiger charge is 2.16. The smallest absolute Gasteiger partial charge is 0.269 e. The highest BCUT2D eigenvalue weighted by molar-refractivity contribution is 7.71. The lowest BCUT2D eigenvalue weighted by Gasteiger charge is -2.15. The topological polar surface area (TPSA) is 106 Å². The van der Waals surface area contributed by atoms with E-state index in [1.165, 1.54) is 12.1 Å². The summed E-state index contributed by atoms with van der Waals surface area (Å²) in [6, 6.07) is 13.6. The number of nitrogens with zero attached hydrogens (tertiary/aromatic N) is 3. The Hall–Kier alpha value is -3.33. The van der Waals surface area contributed by atoms with E-state index in [1.807, 2.05) is 31.2 Å². The maximum Gasteiger partial charge on any atom is 0.269 e. The minimum Gasteiger partial charge on any atom is -0.348 e. The third-order valence-electron chi connectivity index (χ3n) is 4.33. The van der Waals surface area contributed by atoms with Crippen molar-refractivity contribution in [2.24, 2.45) is 0 Å². The van der Waals surface area contributed by atoms with E-state index in [0.717, 1.165) is 11.1 Å². The van der Waals surface area contributed by atoms with Crippen LogP contribution in [0.4, 0.5) is 5.69 Å². The number of nitro groups is 1. The molecule has 0 spiro atoms. The number of hydrogen-bond acceptors (Lipinski definition) is 5. The van der Waals surface area contributed by atoms with Gasteiger partial charge in [-0.2, -0.15) is 5.10 Å². The molecule has 1 heterocycles. The number of amides is 1. The van der Waals surface area contributed by atoms with Crippen LogP contribution in [-0.2, 0) is 11.3 Å². The molecule has 2 N–H and O–H groups in total. The van der Waals surface area contributed by atoms with E-state index in [4.69, 9.17) is 12.2 Å². The molecule has 0 radical (unpaired) electrons. The van der Waals surface area contributed by atoms with Crippen LogP contribution in [0, 0.1) is 21.8 Å². The highest BCUT2D eigenvalue weighted by atomic mass is 32.1. The van der Waals surface area contributed by atoms with Crippen LogP contribution < -0.4 is 5.32 Å². The summed E-state index contributed by atoms with van der Waals surface area (Å²) < 4.78 is 1.96. The third kappa shape index (κ3) is 4.32. The minimum absolute atomic E-state index is 0.0161. The molecule has 0 aliphatic rings. The summed E-state index contributed by atoms with van der Waals surface area (Å²) >= 11 is 5.26. The maximum absolute atomic E-state index is 12.5. The van der Waals surface area contributed by atoms with Gasteiger partial charge in [-0.3, -0.25) is 24.6 Å². The van der Waals surface area contributed by atoms with Gasteiger partial charge in [0.1, 0.15) is 6.54 Å². The average Bonchev–Trinajstić information content (AvgIpc) is 3.03. The first-order chi connectivity index (χ1) is 13.3. The van der Waals surface area contributed by atoms with E-state index >= 15 is 0 Å². The lowest BCUT2D eigenvalue weighted by Crippen LogP contribution is -2.30. The summed E-state index contributed by atoms with van der Waals surface area (Å²) in [5.41, 5.74) is 2.60. The second kappa shape index (κ2) is 8.13. The summed E-state index contributed by atoms with van der Waals surface area (Å²) in [5.74, 6) is 0.299. The molecule has 0 saturated carbocycles. The summed E-state index contributed by atoms with van der Waals surface area (Å²) in [7, 11) is 0. The predicted molar refractivity (Wildman–Crippen MR) is 107 cm³/mol. The van der Waals surface area contributed by atoms with Gasteiger partial charge in [-0.15, -0.1) is 0 Å². The van der Waals surface area contributed by atoms with Gasteiger partial charge in [0.2, 0.25) is 5.91 Å². The van der Waals surface area contributed by atoms with Crippen molar-refractivity contribution in [3.05, 3.63) is 74.5 Å². The summed E-state index contributed by atoms with van der Waals surface area (Å²) in [4.78, 5) is 23.0. The Balaban J connectivity index is 1.76. The van der Waals surface area contributed by atoms with Crippen molar-refractivity contribution in [2.75, 3.05) is 0 Å². The average molecular weight is 397 g/mol. The van der Waals surface area contributed by atoms with Crippen LogP contribution in [0.3, 0.4) is 0 Å². The molecule has 0 saturated heterocycles. The molecule has 0 aliphatic heterocycles. The predicted octanol–water partition coefficient (Wildman–Crippen LogP) is 3.70. The highest BCUT2D eigenvalue weighted by Crippen LogP contribution is 2.20. The Morgan fingerprint density at radius 1 is 1.32 bits per heavy atom. The van der Waals surface area contributed by atoms with Gasteiger partial charge >= 0.3 is 0 Å². The molecule has 3 aromatic rings. The number of nitrogens with one attached hydrogen (secondary N) is 2. The van der Waals surface area contributed by atoms with Gasteiger partial charge in [0, 0.05) is 17.7 Å². The fourth-order valence-electron chi connectivity index (χ4n) is 2.81. The van der Waals surface area contributed by atoms with Gasteiger partial charge in [0.05, 0.1) is 11.0 Å². The van der Waals surface area contributed by atoms with Gasteiger partial charge in [0.15, 0.2) is 10.6 Å². The first-order valence-electron chi connectivity index (χ1n) is 8.61. The van der Waals surface area contributed by atoms with E-state index < -0.39 is 11.0 Å². The third-order valence-corrected chi connectivity index (χ3v) is 4.64. The number of aryl methyl sites for hydroxylation is 1. The number of non-ortho nitro benzene ring substituents is 1. The normalized spacial score (nSPS) is 11.8. The number of hydrogen-bond donors (Lipinski definition) is 2. The van der Waals surface area contributed by atoms with Gasteiger partial charge < -0.3 is 5.32 Å². The molecule has 1 aromatic heterocycles. The molecule has 144 valence electrons. The molecule has 8 nitrogen and oxygen atoms in total. The Kier molecular flexibility index (Phi) is 5.65. The Morgan fingerprint density at radius 3 is 2.71 bits per heavy atom. The number of H-pyrrole nitrogens is 1. The Morgan fingerprint density at radius 2 is 2.04 bits per heavy atom. The van der Waals surface area contributed by atoms with Crippen LogP contribution in [0.5, 0.6) is 0 Å². The van der Waals surface area contributed by atoms with E-state index in [2.05, 4.69) is 15.5 Å². The lowest BCUT2D eigenvalue weighted by atomic mass is 10.1. The molecular weight excluding hydrogens is 378 g/mol. The zero-order valence-electron chi connectivity index (χ0n) is 15.4. The Labute approximate surface area is 166 Å². The summed E-state index contributed by atoms with van der Waals surface area (Å²) in [5, 5.41) is 20.7. The van der Waals surface area contributed by atoms with Crippen molar-refractivity contribution in [3.8, 4) is 11.4 Å². The molecular formula is C19H19N5O3S. The molecule has 1 amide bonds. The summed E-state index contributed by atoms with van der Waals surface area (Å²) in [6.45, 7) is 3.74. The van der Waals surface area contributed by atoms with Crippen LogP contribution in [-0.4, -0.2) is 25.6 Å². The molecule has 0 fully saturated rings. The van der Waals surface area contributed by atoms with Crippen molar-refractivity contribution in [2.45, 2.75) is 26.4 Å². The van der Waals surface area contributed by atoms with E-state index in [-0.39, 0.29) is 18.1 Å². The molecule has 9 heteroatoms. The fourth-order valence-corrected chi connectivity index (χ4v) is 3.01. The second-order valence-electron chi connectivity index (χ2n) is 6.45. The van der Waals surface area contributed by atoms with Gasteiger partial charge in [-0.25, -0.2) is 0 Å². The number of aromatic nitrogens is 3. The van der Waals surface area contributed by atoms with Crippen LogP contribution in [0.15, 0.2) is 48.5 Å². The zero-order chi connectivity index (χ0) is 20.3. The number of rotatable bonds is 6. The zero-order valence-corrected chi connectivity index (χ0v) is 16.2. The number of carbonyl (C=O) groups excluding carboxylic acids is 1. The van der Waals surface area contributed by atoms with Crippen LogP contribution >= 0.6 is 12.2 Å². The van der Waals surface area contributed by atoms with Gasteiger partial charge in [-0.1, -0.05) is 42.0 Å². The van der Waals surface area contributed by atoms with Crippen molar-refractivity contribution < 1.29 is 9.72 Å². The first kappa shape index (κ1) is 19.4. The molecule has 1 unspecified atom stereocenters. The molecule has 1 atom stereocenters. The number of aromatic amines is 1. The molecule has 2 aromatic carbocycles. The monoisotopic (exact) mass is 397 g/mol. The largest absolute Gasteiger partial charge is 0.348 e. The van der Waals surface area contributed by atoms with Crippen LogP contribution in [0.2, 0.25) is 0 Å². The SMILES string of the molecule is Cc1ccc(-c2n[nH]c(=S)n2CC(=O)NC(C)c2cccc([N+](=O)[O-])c2)cc1. The minimum atomic E-state index is -0.462. The van der Waals surface area contributed by atoms with Crippen molar-refractivity contribution in [3.63, 3.8) is 0 Å². The molecule has 0 bridgehead atoms. The van der Waals surface area contributed by atoms with Crippen LogP contribution in [0.25, 0.3) is 11.4 Å².